The normalized spacial score (nSPS) is 19.8. The first kappa shape index (κ1) is 17.0. The van der Waals surface area contributed by atoms with E-state index >= 15 is 0 Å². The summed E-state index contributed by atoms with van der Waals surface area (Å²) in [4.78, 5) is 12.2. The topological polar surface area (TPSA) is 66.5 Å². The van der Waals surface area contributed by atoms with E-state index in [-0.39, 0.29) is 11.8 Å². The summed E-state index contributed by atoms with van der Waals surface area (Å²) in [5.41, 5.74) is 2.41. The minimum atomic E-state index is -3.21. The highest BCUT2D eigenvalue weighted by atomic mass is 32.2. The van der Waals surface area contributed by atoms with E-state index in [4.69, 9.17) is 0 Å². The van der Waals surface area contributed by atoms with E-state index in [1.807, 2.05) is 6.92 Å². The van der Waals surface area contributed by atoms with Gasteiger partial charge in [0.2, 0.25) is 15.9 Å². The summed E-state index contributed by atoms with van der Waals surface area (Å²) >= 11 is 0. The molecule has 1 aromatic rings. The number of hydrogen-bond donors (Lipinski definition) is 1. The van der Waals surface area contributed by atoms with Crippen LogP contribution >= 0.6 is 0 Å². The standard InChI is InChI=1S/C16H24N2O3S/c1-13-5-7-14(8-6-13)9-10-17-16(19)15-4-3-11-18(12-15)22(2,20)21/h5-8,15H,3-4,9-12H2,1-2H3,(H,17,19)/t15-/m0/s1. The maximum atomic E-state index is 12.2. The summed E-state index contributed by atoms with van der Waals surface area (Å²) in [5, 5.41) is 2.93. The van der Waals surface area contributed by atoms with E-state index < -0.39 is 10.0 Å². The number of carbonyl (C=O) groups excluding carboxylic acids is 1. The van der Waals surface area contributed by atoms with Crippen LogP contribution in [0.5, 0.6) is 0 Å². The second-order valence-electron chi connectivity index (χ2n) is 5.99. The van der Waals surface area contributed by atoms with E-state index in [2.05, 4.69) is 29.6 Å². The van der Waals surface area contributed by atoms with Crippen molar-refractivity contribution < 1.29 is 13.2 Å². The Hall–Kier alpha value is -1.40. The van der Waals surface area contributed by atoms with Gasteiger partial charge in [0.1, 0.15) is 0 Å². The van der Waals surface area contributed by atoms with Gasteiger partial charge >= 0.3 is 0 Å². The van der Waals surface area contributed by atoms with Crippen molar-refractivity contribution in [2.45, 2.75) is 26.2 Å². The van der Waals surface area contributed by atoms with Crippen molar-refractivity contribution >= 4 is 15.9 Å². The highest BCUT2D eigenvalue weighted by Gasteiger charge is 2.29. The summed E-state index contributed by atoms with van der Waals surface area (Å²) in [6.45, 7) is 3.45. The molecule has 1 amide bonds. The molecule has 1 saturated heterocycles. The Morgan fingerprint density at radius 3 is 2.64 bits per heavy atom. The molecule has 122 valence electrons. The smallest absolute Gasteiger partial charge is 0.224 e. The molecule has 0 spiro atoms. The van der Waals surface area contributed by atoms with Gasteiger partial charge in [-0.3, -0.25) is 4.79 Å². The van der Waals surface area contributed by atoms with Crippen molar-refractivity contribution in [3.05, 3.63) is 35.4 Å². The number of amides is 1. The van der Waals surface area contributed by atoms with Crippen LogP contribution in [-0.4, -0.2) is 44.5 Å². The van der Waals surface area contributed by atoms with Crippen molar-refractivity contribution in [1.82, 2.24) is 9.62 Å². The molecule has 1 atom stereocenters. The highest BCUT2D eigenvalue weighted by Crippen LogP contribution is 2.18. The Balaban J connectivity index is 1.80. The fourth-order valence-electron chi connectivity index (χ4n) is 2.69. The SMILES string of the molecule is Cc1ccc(CCNC(=O)[C@H]2CCCN(S(C)(=O)=O)C2)cc1. The molecular weight excluding hydrogens is 300 g/mol. The van der Waals surface area contributed by atoms with Gasteiger partial charge in [-0.15, -0.1) is 0 Å². The molecule has 1 aliphatic rings. The summed E-state index contributed by atoms with van der Waals surface area (Å²) in [5.74, 6) is -0.276. The van der Waals surface area contributed by atoms with Gasteiger partial charge in [-0.25, -0.2) is 12.7 Å². The van der Waals surface area contributed by atoms with Gasteiger partial charge in [0.25, 0.3) is 0 Å². The molecule has 0 radical (unpaired) electrons. The molecule has 5 nitrogen and oxygen atoms in total. The molecule has 2 rings (SSSR count). The lowest BCUT2D eigenvalue weighted by Gasteiger charge is -2.30. The first-order chi connectivity index (χ1) is 10.4. The van der Waals surface area contributed by atoms with Crippen LogP contribution in [0.2, 0.25) is 0 Å². The molecule has 1 heterocycles. The predicted molar refractivity (Wildman–Crippen MR) is 87.0 cm³/mol. The zero-order valence-electron chi connectivity index (χ0n) is 13.2. The van der Waals surface area contributed by atoms with Crippen LogP contribution in [0.15, 0.2) is 24.3 Å². The van der Waals surface area contributed by atoms with Crippen LogP contribution in [0.25, 0.3) is 0 Å². The maximum Gasteiger partial charge on any atom is 0.224 e. The molecule has 6 heteroatoms. The highest BCUT2D eigenvalue weighted by molar-refractivity contribution is 7.88. The van der Waals surface area contributed by atoms with Crippen LogP contribution in [0.1, 0.15) is 24.0 Å². The fourth-order valence-corrected chi connectivity index (χ4v) is 3.60. The maximum absolute atomic E-state index is 12.2. The third-order valence-electron chi connectivity index (χ3n) is 4.06. The van der Waals surface area contributed by atoms with Gasteiger partial charge in [0, 0.05) is 19.6 Å². The summed E-state index contributed by atoms with van der Waals surface area (Å²) in [6.07, 6.45) is 3.48. The van der Waals surface area contributed by atoms with Crippen LogP contribution in [0.4, 0.5) is 0 Å². The van der Waals surface area contributed by atoms with Crippen molar-refractivity contribution in [1.29, 1.82) is 0 Å². The molecule has 1 aromatic carbocycles. The van der Waals surface area contributed by atoms with Crippen molar-refractivity contribution in [3.8, 4) is 0 Å². The number of carbonyl (C=O) groups is 1. The Kier molecular flexibility index (Phi) is 5.58. The number of nitrogens with zero attached hydrogens (tertiary/aromatic N) is 1. The summed E-state index contributed by atoms with van der Waals surface area (Å²) in [6, 6.07) is 8.24. The molecule has 0 bridgehead atoms. The van der Waals surface area contributed by atoms with Crippen LogP contribution in [-0.2, 0) is 21.2 Å². The first-order valence-corrected chi connectivity index (χ1v) is 9.49. The average molecular weight is 324 g/mol. The van der Waals surface area contributed by atoms with Gasteiger partial charge < -0.3 is 5.32 Å². The van der Waals surface area contributed by atoms with Gasteiger partial charge in [-0.05, 0) is 31.7 Å². The third kappa shape index (κ3) is 4.81. The van der Waals surface area contributed by atoms with Crippen LogP contribution < -0.4 is 5.32 Å². The lowest BCUT2D eigenvalue weighted by Crippen LogP contribution is -2.45. The number of aryl methyl sites for hydroxylation is 1. The van der Waals surface area contributed by atoms with Gasteiger partial charge in [0.05, 0.1) is 12.2 Å². The van der Waals surface area contributed by atoms with E-state index in [1.165, 1.54) is 21.7 Å². The number of sulfonamides is 1. The van der Waals surface area contributed by atoms with E-state index in [0.29, 0.717) is 19.6 Å². The predicted octanol–water partition coefficient (Wildman–Crippen LogP) is 1.33. The van der Waals surface area contributed by atoms with Crippen molar-refractivity contribution in [2.75, 3.05) is 25.9 Å². The van der Waals surface area contributed by atoms with Crippen LogP contribution in [0.3, 0.4) is 0 Å². The van der Waals surface area contributed by atoms with E-state index in [9.17, 15) is 13.2 Å². The zero-order chi connectivity index (χ0) is 16.2. The second kappa shape index (κ2) is 7.24. The number of hydrogen-bond acceptors (Lipinski definition) is 3. The Morgan fingerprint density at radius 1 is 1.32 bits per heavy atom. The van der Waals surface area contributed by atoms with Crippen molar-refractivity contribution in [3.63, 3.8) is 0 Å². The molecule has 1 N–H and O–H groups in total. The van der Waals surface area contributed by atoms with E-state index in [0.717, 1.165) is 19.3 Å². The number of piperidine rings is 1. The monoisotopic (exact) mass is 324 g/mol. The molecule has 0 saturated carbocycles. The van der Waals surface area contributed by atoms with Gasteiger partial charge in [-0.1, -0.05) is 29.8 Å². The van der Waals surface area contributed by atoms with Gasteiger partial charge in [0.15, 0.2) is 0 Å². The molecule has 0 aliphatic carbocycles. The number of rotatable bonds is 5. The quantitative estimate of drug-likeness (QED) is 0.888. The molecular formula is C16H24N2O3S. The van der Waals surface area contributed by atoms with Gasteiger partial charge in [-0.2, -0.15) is 0 Å². The Labute approximate surface area is 132 Å². The zero-order valence-corrected chi connectivity index (χ0v) is 14.0. The van der Waals surface area contributed by atoms with Crippen LogP contribution in [0, 0.1) is 12.8 Å². The number of nitrogens with one attached hydrogen (secondary N) is 1. The Bertz CT molecular complexity index is 611. The molecule has 1 aliphatic heterocycles. The minimum absolute atomic E-state index is 0.0412. The first-order valence-electron chi connectivity index (χ1n) is 7.64. The minimum Gasteiger partial charge on any atom is -0.355 e. The van der Waals surface area contributed by atoms with Crippen molar-refractivity contribution in [2.24, 2.45) is 5.92 Å². The third-order valence-corrected chi connectivity index (χ3v) is 5.33. The fraction of sp³-hybridized carbons (Fsp3) is 0.562. The lowest BCUT2D eigenvalue weighted by atomic mass is 9.98. The molecule has 0 aromatic heterocycles. The molecule has 1 fully saturated rings. The second-order valence-corrected chi connectivity index (χ2v) is 7.97. The summed E-state index contributed by atoms with van der Waals surface area (Å²) < 4.78 is 24.6. The molecule has 22 heavy (non-hydrogen) atoms. The largest absolute Gasteiger partial charge is 0.355 e. The Morgan fingerprint density at radius 2 is 2.00 bits per heavy atom. The average Bonchev–Trinajstić information content (AvgIpc) is 2.48. The number of benzene rings is 1. The lowest BCUT2D eigenvalue weighted by molar-refractivity contribution is -0.126. The summed E-state index contributed by atoms with van der Waals surface area (Å²) in [7, 11) is -3.21. The van der Waals surface area contributed by atoms with E-state index in [1.54, 1.807) is 0 Å². The molecule has 0 unspecified atom stereocenters.